The predicted molar refractivity (Wildman–Crippen MR) is 128 cm³/mol. The molecule has 5 N–H and O–H groups in total. The third-order valence-electron chi connectivity index (χ3n) is 5.73. The van der Waals surface area contributed by atoms with Crippen molar-refractivity contribution in [2.24, 2.45) is 5.41 Å². The minimum Gasteiger partial charge on any atom is -0.504 e. The van der Waals surface area contributed by atoms with Crippen LogP contribution in [0, 0.1) is 5.41 Å². The molecular formula is C24H30N4O6. The summed E-state index contributed by atoms with van der Waals surface area (Å²) in [7, 11) is 2.66. The van der Waals surface area contributed by atoms with E-state index >= 15 is 0 Å². The molecule has 0 amide bonds. The highest BCUT2D eigenvalue weighted by molar-refractivity contribution is 5.90. The molecule has 10 nitrogen and oxygen atoms in total. The Bertz CT molecular complexity index is 1200. The highest BCUT2D eigenvalue weighted by Crippen LogP contribution is 2.42. The Morgan fingerprint density at radius 1 is 1.12 bits per heavy atom. The van der Waals surface area contributed by atoms with E-state index in [0.717, 1.165) is 5.39 Å². The molecule has 2 aromatic carbocycles. The maximum atomic E-state index is 12.5. The number of aromatic hydroxyl groups is 2. The van der Waals surface area contributed by atoms with Crippen molar-refractivity contribution in [2.45, 2.75) is 26.3 Å². The summed E-state index contributed by atoms with van der Waals surface area (Å²) in [6.07, 6.45) is 0.650. The van der Waals surface area contributed by atoms with Crippen LogP contribution < -0.4 is 20.9 Å². The van der Waals surface area contributed by atoms with Gasteiger partial charge < -0.3 is 30.3 Å². The second kappa shape index (κ2) is 10.4. The maximum Gasteiger partial charge on any atom is 0.313 e. The highest BCUT2D eigenvalue weighted by atomic mass is 16.5. The number of nitrogens with one attached hydrogen (secondary N) is 3. The first kappa shape index (κ1) is 24.8. The van der Waals surface area contributed by atoms with E-state index in [0.29, 0.717) is 36.3 Å². The van der Waals surface area contributed by atoms with Crippen molar-refractivity contribution in [3.8, 4) is 17.2 Å². The zero-order valence-corrected chi connectivity index (χ0v) is 19.6. The topological polar surface area (TPSA) is 146 Å². The quantitative estimate of drug-likeness (QED) is 0.223. The van der Waals surface area contributed by atoms with E-state index in [9.17, 15) is 19.8 Å². The number of hydrogen-bond acceptors (Lipinski definition) is 9. The number of ether oxygens (including phenoxy) is 2. The van der Waals surface area contributed by atoms with E-state index in [1.54, 1.807) is 26.0 Å². The molecule has 34 heavy (non-hydrogen) atoms. The molecule has 0 radical (unpaired) electrons. The van der Waals surface area contributed by atoms with E-state index in [2.05, 4.69) is 20.8 Å². The van der Waals surface area contributed by atoms with Gasteiger partial charge in [-0.15, -0.1) is 0 Å². The fourth-order valence-corrected chi connectivity index (χ4v) is 3.96. The average Bonchev–Trinajstić information content (AvgIpc) is 2.81. The summed E-state index contributed by atoms with van der Waals surface area (Å²) in [5.41, 5.74) is -0.749. The minimum atomic E-state index is -1.01. The molecule has 0 aliphatic carbocycles. The van der Waals surface area contributed by atoms with Crippen LogP contribution in [0.2, 0.25) is 0 Å². The SMILES string of the molecule is COC(=O)C(C)(C)C(NCCCNc1n[nH]c(=O)c2ccccc12)c1cc(O)c(OC)c(O)c1. The zero-order chi connectivity index (χ0) is 24.9. The van der Waals surface area contributed by atoms with Crippen molar-refractivity contribution >= 4 is 22.6 Å². The molecule has 0 aliphatic heterocycles. The van der Waals surface area contributed by atoms with Gasteiger partial charge in [-0.2, -0.15) is 5.10 Å². The van der Waals surface area contributed by atoms with Gasteiger partial charge in [-0.1, -0.05) is 18.2 Å². The predicted octanol–water partition coefficient (Wildman–Crippen LogP) is 2.67. The number of aromatic nitrogens is 2. The lowest BCUT2D eigenvalue weighted by Crippen LogP contribution is -2.41. The van der Waals surface area contributed by atoms with Gasteiger partial charge in [0.15, 0.2) is 17.3 Å². The average molecular weight is 471 g/mol. The van der Waals surface area contributed by atoms with E-state index in [-0.39, 0.29) is 22.8 Å². The first-order valence-corrected chi connectivity index (χ1v) is 10.8. The van der Waals surface area contributed by atoms with Gasteiger partial charge in [-0.25, -0.2) is 5.10 Å². The van der Waals surface area contributed by atoms with Crippen LogP contribution in [0.3, 0.4) is 0 Å². The molecule has 0 saturated carbocycles. The van der Waals surface area contributed by atoms with Crippen molar-refractivity contribution in [2.75, 3.05) is 32.6 Å². The molecule has 3 rings (SSSR count). The fourth-order valence-electron chi connectivity index (χ4n) is 3.96. The molecule has 0 spiro atoms. The molecule has 1 heterocycles. The Hall–Kier alpha value is -3.79. The molecule has 0 aliphatic rings. The second-order valence-corrected chi connectivity index (χ2v) is 8.42. The number of fused-ring (bicyclic) bond motifs is 1. The van der Waals surface area contributed by atoms with Crippen molar-refractivity contribution < 1.29 is 24.5 Å². The monoisotopic (exact) mass is 470 g/mol. The van der Waals surface area contributed by atoms with Gasteiger partial charge in [0.25, 0.3) is 5.56 Å². The number of rotatable bonds is 10. The lowest BCUT2D eigenvalue weighted by atomic mass is 9.80. The number of nitrogens with zero attached hydrogens (tertiary/aromatic N) is 1. The Morgan fingerprint density at radius 3 is 2.38 bits per heavy atom. The Morgan fingerprint density at radius 2 is 1.76 bits per heavy atom. The largest absolute Gasteiger partial charge is 0.504 e. The summed E-state index contributed by atoms with van der Waals surface area (Å²) in [5, 5.41) is 34.9. The molecule has 0 fully saturated rings. The van der Waals surface area contributed by atoms with Crippen LogP contribution in [0.5, 0.6) is 17.2 Å². The van der Waals surface area contributed by atoms with Crippen molar-refractivity contribution in [1.29, 1.82) is 0 Å². The molecule has 0 saturated heterocycles. The summed E-state index contributed by atoms with van der Waals surface area (Å²) in [6.45, 7) is 4.49. The van der Waals surface area contributed by atoms with Gasteiger partial charge in [0, 0.05) is 18.0 Å². The number of anilines is 1. The van der Waals surface area contributed by atoms with Crippen molar-refractivity contribution in [3.05, 3.63) is 52.3 Å². The van der Waals surface area contributed by atoms with Gasteiger partial charge >= 0.3 is 5.97 Å². The van der Waals surface area contributed by atoms with Crippen LogP contribution in [0.1, 0.15) is 31.9 Å². The number of methoxy groups -OCH3 is 2. The van der Waals surface area contributed by atoms with Gasteiger partial charge in [0.1, 0.15) is 0 Å². The molecular weight excluding hydrogens is 440 g/mol. The number of phenolic OH excluding ortho intramolecular Hbond substituents is 2. The zero-order valence-electron chi connectivity index (χ0n) is 19.6. The van der Waals surface area contributed by atoms with Crippen LogP contribution in [-0.4, -0.2) is 53.7 Å². The Kier molecular flexibility index (Phi) is 7.62. The summed E-state index contributed by atoms with van der Waals surface area (Å²) in [4.78, 5) is 24.4. The fraction of sp³-hybridized carbons (Fsp3) is 0.375. The molecule has 1 unspecified atom stereocenters. The van der Waals surface area contributed by atoms with Crippen LogP contribution >= 0.6 is 0 Å². The minimum absolute atomic E-state index is 0.0387. The Balaban J connectivity index is 1.73. The van der Waals surface area contributed by atoms with Crippen LogP contribution in [-0.2, 0) is 9.53 Å². The number of carbonyl (C=O) groups is 1. The summed E-state index contributed by atoms with van der Waals surface area (Å²) in [6, 6.07) is 9.54. The number of esters is 1. The molecule has 182 valence electrons. The first-order chi connectivity index (χ1) is 16.2. The second-order valence-electron chi connectivity index (χ2n) is 8.42. The maximum absolute atomic E-state index is 12.5. The summed E-state index contributed by atoms with van der Waals surface area (Å²) >= 11 is 0. The van der Waals surface area contributed by atoms with E-state index in [1.165, 1.54) is 26.4 Å². The van der Waals surface area contributed by atoms with E-state index in [4.69, 9.17) is 9.47 Å². The van der Waals surface area contributed by atoms with Gasteiger partial charge in [0.2, 0.25) is 5.75 Å². The van der Waals surface area contributed by atoms with Crippen molar-refractivity contribution in [1.82, 2.24) is 15.5 Å². The lowest BCUT2D eigenvalue weighted by Gasteiger charge is -2.33. The smallest absolute Gasteiger partial charge is 0.313 e. The standard InChI is InChI=1S/C24H30N4O6/c1-24(2,23(32)34-4)20(14-12-17(29)19(33-3)18(30)13-14)25-10-7-11-26-21-15-8-5-6-9-16(15)22(31)28-27-21/h5-6,8-9,12-13,20,25,29-30H,7,10-11H2,1-4H3,(H,26,27)(H,28,31). The molecule has 10 heteroatoms. The number of carbonyl (C=O) groups excluding carboxylic acids is 1. The highest BCUT2D eigenvalue weighted by Gasteiger charge is 2.39. The third-order valence-corrected chi connectivity index (χ3v) is 5.73. The number of H-pyrrole nitrogens is 1. The molecule has 3 aromatic rings. The van der Waals surface area contributed by atoms with E-state index < -0.39 is 17.4 Å². The van der Waals surface area contributed by atoms with Crippen LogP contribution in [0.25, 0.3) is 10.8 Å². The number of benzene rings is 2. The number of phenols is 2. The van der Waals surface area contributed by atoms with Gasteiger partial charge in [-0.05, 0) is 50.6 Å². The number of aromatic amines is 1. The van der Waals surface area contributed by atoms with Crippen LogP contribution in [0.15, 0.2) is 41.2 Å². The Labute approximate surface area is 196 Å². The third kappa shape index (κ3) is 5.07. The van der Waals surface area contributed by atoms with Gasteiger partial charge in [-0.3, -0.25) is 9.59 Å². The summed E-state index contributed by atoms with van der Waals surface area (Å²) < 4.78 is 9.99. The first-order valence-electron chi connectivity index (χ1n) is 10.8. The van der Waals surface area contributed by atoms with E-state index in [1.807, 2.05) is 12.1 Å². The molecule has 1 aromatic heterocycles. The number of hydrogen-bond donors (Lipinski definition) is 5. The molecule has 0 bridgehead atoms. The normalized spacial score (nSPS) is 12.4. The molecule has 1 atom stereocenters. The van der Waals surface area contributed by atoms with Gasteiger partial charge in [0.05, 0.1) is 25.0 Å². The van der Waals surface area contributed by atoms with Crippen LogP contribution in [0.4, 0.5) is 5.82 Å². The van der Waals surface area contributed by atoms with Crippen molar-refractivity contribution in [3.63, 3.8) is 0 Å². The summed E-state index contributed by atoms with van der Waals surface area (Å²) in [5.74, 6) is -0.373. The lowest BCUT2D eigenvalue weighted by molar-refractivity contribution is -0.152.